The van der Waals surface area contributed by atoms with Crippen LogP contribution in [-0.2, 0) is 6.42 Å². The molecule has 3 aromatic carbocycles. The van der Waals surface area contributed by atoms with Crippen molar-refractivity contribution in [3.05, 3.63) is 70.5 Å². The Kier molecular flexibility index (Phi) is 5.74. The molecule has 168 valence electrons. The van der Waals surface area contributed by atoms with E-state index < -0.39 is 11.6 Å². The zero-order valence-electron chi connectivity index (χ0n) is 18.1. The summed E-state index contributed by atoms with van der Waals surface area (Å²) in [5.41, 5.74) is 2.90. The summed E-state index contributed by atoms with van der Waals surface area (Å²) in [6.45, 7) is 2.17. The number of fused-ring (bicyclic) bond motifs is 1. The van der Waals surface area contributed by atoms with E-state index in [9.17, 15) is 19.7 Å². The van der Waals surface area contributed by atoms with Crippen LogP contribution in [-0.4, -0.2) is 36.1 Å². The molecule has 3 aromatic rings. The summed E-state index contributed by atoms with van der Waals surface area (Å²) in [6, 6.07) is 11.1. The predicted molar refractivity (Wildman–Crippen MR) is 117 cm³/mol. The molecule has 0 aromatic heterocycles. The minimum Gasteiger partial charge on any atom is -0.508 e. The Bertz CT molecular complexity index is 1130. The van der Waals surface area contributed by atoms with E-state index in [0.29, 0.717) is 23.3 Å². The molecule has 0 bridgehead atoms. The molecule has 2 unspecified atom stereocenters. The van der Waals surface area contributed by atoms with E-state index in [1.165, 1.54) is 26.4 Å². The quantitative estimate of drug-likeness (QED) is 0.527. The molecule has 32 heavy (non-hydrogen) atoms. The average molecular weight is 440 g/mol. The lowest BCUT2D eigenvalue weighted by Crippen LogP contribution is -2.26. The first-order valence-electron chi connectivity index (χ1n) is 10.3. The number of methoxy groups -OCH3 is 2. The van der Waals surface area contributed by atoms with Crippen molar-refractivity contribution in [2.24, 2.45) is 0 Å². The minimum atomic E-state index is -0.718. The molecule has 0 amide bonds. The van der Waals surface area contributed by atoms with Gasteiger partial charge in [0.2, 0.25) is 5.75 Å². The van der Waals surface area contributed by atoms with Crippen LogP contribution in [0.4, 0.5) is 4.39 Å². The Labute approximate surface area is 185 Å². The van der Waals surface area contributed by atoms with Gasteiger partial charge < -0.3 is 29.5 Å². The second-order valence-electron chi connectivity index (χ2n) is 7.72. The van der Waals surface area contributed by atoms with E-state index in [1.807, 2.05) is 6.92 Å². The minimum absolute atomic E-state index is 0.110. The lowest BCUT2D eigenvalue weighted by Gasteiger charge is -2.36. The van der Waals surface area contributed by atoms with Crippen molar-refractivity contribution in [2.75, 3.05) is 20.8 Å². The Morgan fingerprint density at radius 3 is 2.19 bits per heavy atom. The number of hydrogen-bond acceptors (Lipinski definition) is 6. The molecule has 4 rings (SSSR count). The van der Waals surface area contributed by atoms with Crippen LogP contribution in [0.1, 0.15) is 41.0 Å². The molecule has 1 aliphatic heterocycles. The van der Waals surface area contributed by atoms with E-state index in [2.05, 4.69) is 0 Å². The Hall–Kier alpha value is -3.61. The summed E-state index contributed by atoms with van der Waals surface area (Å²) in [5, 5.41) is 30.4. The van der Waals surface area contributed by atoms with Gasteiger partial charge in [0.15, 0.2) is 23.1 Å². The van der Waals surface area contributed by atoms with Crippen LogP contribution in [0.25, 0.3) is 0 Å². The van der Waals surface area contributed by atoms with Crippen LogP contribution < -0.4 is 14.2 Å². The summed E-state index contributed by atoms with van der Waals surface area (Å²) in [6.07, 6.45) is 0.567. The molecule has 0 fully saturated rings. The van der Waals surface area contributed by atoms with Crippen molar-refractivity contribution in [1.29, 1.82) is 0 Å². The zero-order valence-corrected chi connectivity index (χ0v) is 18.1. The first-order chi connectivity index (χ1) is 15.4. The number of halogens is 1. The summed E-state index contributed by atoms with van der Waals surface area (Å²) in [7, 11) is 2.90. The molecular formula is C25H25FO6. The lowest BCUT2D eigenvalue weighted by molar-refractivity contribution is 0.243. The van der Waals surface area contributed by atoms with E-state index in [4.69, 9.17) is 14.2 Å². The first-order valence-corrected chi connectivity index (χ1v) is 10.3. The van der Waals surface area contributed by atoms with Crippen molar-refractivity contribution in [2.45, 2.75) is 25.2 Å². The van der Waals surface area contributed by atoms with E-state index in [0.717, 1.165) is 11.1 Å². The maximum Gasteiger partial charge on any atom is 0.200 e. The van der Waals surface area contributed by atoms with Gasteiger partial charge in [0.25, 0.3) is 0 Å². The van der Waals surface area contributed by atoms with Crippen LogP contribution >= 0.6 is 0 Å². The number of aromatic hydroxyl groups is 3. The van der Waals surface area contributed by atoms with Gasteiger partial charge in [-0.3, -0.25) is 0 Å². The van der Waals surface area contributed by atoms with Gasteiger partial charge in [-0.05, 0) is 47.9 Å². The third-order valence-electron chi connectivity index (χ3n) is 6.03. The van der Waals surface area contributed by atoms with Crippen LogP contribution in [0.5, 0.6) is 34.5 Å². The molecule has 0 radical (unpaired) electrons. The van der Waals surface area contributed by atoms with Gasteiger partial charge in [-0.25, -0.2) is 4.39 Å². The number of phenolic OH excluding ortho intramolecular Hbond substituents is 3. The summed E-state index contributed by atoms with van der Waals surface area (Å²) < 4.78 is 31.1. The van der Waals surface area contributed by atoms with Gasteiger partial charge in [0, 0.05) is 23.0 Å². The Morgan fingerprint density at radius 2 is 1.59 bits per heavy atom. The molecule has 3 N–H and O–H groups in total. The maximum atomic E-state index is 14.3. The third kappa shape index (κ3) is 3.53. The molecule has 0 spiro atoms. The highest BCUT2D eigenvalue weighted by Crippen LogP contribution is 2.51. The fraction of sp³-hybridized carbons (Fsp3) is 0.280. The van der Waals surface area contributed by atoms with Crippen LogP contribution in [0, 0.1) is 5.82 Å². The van der Waals surface area contributed by atoms with Gasteiger partial charge in [-0.1, -0.05) is 19.1 Å². The molecular weight excluding hydrogens is 415 g/mol. The van der Waals surface area contributed by atoms with Crippen molar-refractivity contribution >= 4 is 0 Å². The Morgan fingerprint density at radius 1 is 0.938 bits per heavy atom. The molecule has 0 saturated carbocycles. The van der Waals surface area contributed by atoms with E-state index in [-0.39, 0.29) is 41.4 Å². The Balaban J connectivity index is 1.94. The maximum absolute atomic E-state index is 14.3. The number of phenols is 3. The largest absolute Gasteiger partial charge is 0.508 e. The van der Waals surface area contributed by atoms with E-state index >= 15 is 0 Å². The van der Waals surface area contributed by atoms with Gasteiger partial charge in [0.05, 0.1) is 20.8 Å². The topological polar surface area (TPSA) is 88.4 Å². The molecule has 6 nitrogen and oxygen atoms in total. The molecule has 2 atom stereocenters. The highest BCUT2D eigenvalue weighted by molar-refractivity contribution is 5.58. The van der Waals surface area contributed by atoms with Crippen molar-refractivity contribution in [1.82, 2.24) is 0 Å². The molecule has 0 aliphatic carbocycles. The lowest BCUT2D eigenvalue weighted by atomic mass is 9.75. The number of hydrogen-bond donors (Lipinski definition) is 3. The molecule has 7 heteroatoms. The SMILES string of the molecule is CCc1c(O)ccc2c1OCC(c1cc(OC)c(O)c(OC)c1)C2c1ccc(O)c(F)c1. The molecule has 1 aliphatic rings. The van der Waals surface area contributed by atoms with Gasteiger partial charge in [-0.15, -0.1) is 0 Å². The standard InChI is InChI=1S/C25H25FO6/c1-4-15-19(27)8-6-16-23(13-5-7-20(28)18(26)9-13)17(12-32-25(15)16)14-10-21(30-2)24(29)22(11-14)31-3/h5-11,17,23,27-29H,4,12H2,1-3H3. The first kappa shape index (κ1) is 21.6. The number of benzene rings is 3. The zero-order chi connectivity index (χ0) is 23.0. The fourth-order valence-corrected chi connectivity index (χ4v) is 4.42. The molecule has 0 saturated heterocycles. The van der Waals surface area contributed by atoms with Gasteiger partial charge >= 0.3 is 0 Å². The highest BCUT2D eigenvalue weighted by Gasteiger charge is 2.36. The average Bonchev–Trinajstić information content (AvgIpc) is 2.80. The fourth-order valence-electron chi connectivity index (χ4n) is 4.42. The summed E-state index contributed by atoms with van der Waals surface area (Å²) in [4.78, 5) is 0. The predicted octanol–water partition coefficient (Wildman–Crippen LogP) is 4.83. The van der Waals surface area contributed by atoms with Gasteiger partial charge in [0.1, 0.15) is 11.5 Å². The number of rotatable bonds is 5. The number of ether oxygens (including phenoxy) is 3. The second-order valence-corrected chi connectivity index (χ2v) is 7.72. The van der Waals surface area contributed by atoms with E-state index in [1.54, 1.807) is 30.3 Å². The molecule has 1 heterocycles. The normalized spacial score (nSPS) is 17.4. The summed E-state index contributed by atoms with van der Waals surface area (Å²) in [5.74, 6) is -0.658. The van der Waals surface area contributed by atoms with Crippen molar-refractivity contribution in [3.8, 4) is 34.5 Å². The smallest absolute Gasteiger partial charge is 0.200 e. The monoisotopic (exact) mass is 440 g/mol. The second kappa shape index (κ2) is 8.49. The highest BCUT2D eigenvalue weighted by atomic mass is 19.1. The van der Waals surface area contributed by atoms with Crippen LogP contribution in [0.3, 0.4) is 0 Å². The van der Waals surface area contributed by atoms with Crippen molar-refractivity contribution < 1.29 is 33.9 Å². The van der Waals surface area contributed by atoms with Crippen LogP contribution in [0.15, 0.2) is 42.5 Å². The summed E-state index contributed by atoms with van der Waals surface area (Å²) >= 11 is 0. The van der Waals surface area contributed by atoms with Crippen LogP contribution in [0.2, 0.25) is 0 Å². The van der Waals surface area contributed by atoms with Gasteiger partial charge in [-0.2, -0.15) is 0 Å². The third-order valence-corrected chi connectivity index (χ3v) is 6.03. The van der Waals surface area contributed by atoms with Crippen molar-refractivity contribution in [3.63, 3.8) is 0 Å².